The van der Waals surface area contributed by atoms with E-state index >= 15 is 0 Å². The molecule has 0 unspecified atom stereocenters. The second-order valence-electron chi connectivity index (χ2n) is 5.49. The van der Waals surface area contributed by atoms with Crippen LogP contribution in [0.2, 0.25) is 0 Å². The Bertz CT molecular complexity index is 692. The second-order valence-corrected chi connectivity index (χ2v) is 6.52. The molecular weight excluding hydrogens is 288 g/mol. The van der Waals surface area contributed by atoms with Gasteiger partial charge in [0, 0.05) is 5.56 Å². The molecule has 2 rings (SSSR count). The first-order valence-electron chi connectivity index (χ1n) is 6.81. The number of fused-ring (bicyclic) bond motifs is 1. The average Bonchev–Trinajstić information content (AvgIpc) is 2.81. The minimum Gasteiger partial charge on any atom is -0.434 e. The van der Waals surface area contributed by atoms with Crippen LogP contribution in [-0.4, -0.2) is 17.7 Å². The van der Waals surface area contributed by atoms with Crippen molar-refractivity contribution < 1.29 is 14.3 Å². The minimum absolute atomic E-state index is 0.269. The number of nitrogens with zero attached hydrogens (tertiary/aromatic N) is 1. The molecule has 0 atom stereocenters. The zero-order valence-corrected chi connectivity index (χ0v) is 13.8. The first kappa shape index (κ1) is 15.6. The fourth-order valence-corrected chi connectivity index (χ4v) is 2.97. The van der Waals surface area contributed by atoms with Gasteiger partial charge in [-0.3, -0.25) is 0 Å². The van der Waals surface area contributed by atoms with Crippen molar-refractivity contribution in [1.29, 1.82) is 0 Å². The van der Waals surface area contributed by atoms with Gasteiger partial charge >= 0.3 is 6.16 Å². The van der Waals surface area contributed by atoms with Gasteiger partial charge in [-0.1, -0.05) is 25.2 Å². The molecule has 114 valence electrons. The molecule has 0 aliphatic heterocycles. The van der Waals surface area contributed by atoms with Crippen LogP contribution in [0.25, 0.3) is 10.2 Å². The number of nitrogens with two attached hydrogens (primary N) is 1. The van der Waals surface area contributed by atoms with Crippen molar-refractivity contribution in [3.63, 3.8) is 0 Å². The molecule has 21 heavy (non-hydrogen) atoms. The summed E-state index contributed by atoms with van der Waals surface area (Å²) < 4.78 is 11.4. The summed E-state index contributed by atoms with van der Waals surface area (Å²) in [7, 11) is 0. The van der Waals surface area contributed by atoms with Gasteiger partial charge in [-0.2, -0.15) is 0 Å². The number of hydrogen-bond donors (Lipinski definition) is 1. The van der Waals surface area contributed by atoms with Gasteiger partial charge in [0.1, 0.15) is 5.75 Å². The number of nitrogen functional groups attached to an aromatic ring is 1. The minimum atomic E-state index is -0.675. The zero-order chi connectivity index (χ0) is 15.7. The fraction of sp³-hybridized carbons (Fsp3) is 0.467. The highest BCUT2D eigenvalue weighted by Gasteiger charge is 2.19. The van der Waals surface area contributed by atoms with E-state index in [-0.39, 0.29) is 5.92 Å². The molecule has 0 aliphatic rings. The third-order valence-corrected chi connectivity index (χ3v) is 4.31. The summed E-state index contributed by atoms with van der Waals surface area (Å²) in [4.78, 5) is 16.1. The van der Waals surface area contributed by atoms with Gasteiger partial charge in [0.05, 0.1) is 16.8 Å². The van der Waals surface area contributed by atoms with Gasteiger partial charge in [0.2, 0.25) is 0 Å². The molecule has 0 saturated heterocycles. The van der Waals surface area contributed by atoms with E-state index in [1.165, 1.54) is 11.3 Å². The summed E-state index contributed by atoms with van der Waals surface area (Å²) in [5, 5.41) is 0.509. The summed E-state index contributed by atoms with van der Waals surface area (Å²) in [6, 6.07) is 0. The monoisotopic (exact) mass is 308 g/mol. The van der Waals surface area contributed by atoms with Gasteiger partial charge in [0.25, 0.3) is 0 Å². The van der Waals surface area contributed by atoms with Crippen molar-refractivity contribution in [2.24, 2.45) is 5.92 Å². The predicted octanol–water partition coefficient (Wildman–Crippen LogP) is 3.98. The maximum atomic E-state index is 11.8. The Morgan fingerprint density at radius 3 is 2.52 bits per heavy atom. The van der Waals surface area contributed by atoms with Crippen LogP contribution in [0.4, 0.5) is 9.93 Å². The maximum Gasteiger partial charge on any atom is 0.513 e. The molecule has 2 N–H and O–H groups in total. The molecular formula is C15H20N2O3S. The van der Waals surface area contributed by atoms with Gasteiger partial charge < -0.3 is 15.2 Å². The van der Waals surface area contributed by atoms with Crippen LogP contribution in [-0.2, 0) is 4.74 Å². The normalized spacial score (nSPS) is 11.1. The van der Waals surface area contributed by atoms with Gasteiger partial charge in [-0.05, 0) is 37.8 Å². The van der Waals surface area contributed by atoms with E-state index in [4.69, 9.17) is 15.2 Å². The van der Waals surface area contributed by atoms with Gasteiger partial charge in [-0.25, -0.2) is 9.78 Å². The van der Waals surface area contributed by atoms with E-state index in [1.54, 1.807) is 0 Å². The third kappa shape index (κ3) is 3.10. The number of aryl methyl sites for hydroxylation is 2. The van der Waals surface area contributed by atoms with Crippen LogP contribution in [0.1, 0.15) is 30.5 Å². The lowest BCUT2D eigenvalue weighted by Crippen LogP contribution is -2.15. The Labute approximate surface area is 128 Å². The number of anilines is 1. The molecule has 0 aliphatic carbocycles. The molecule has 5 nitrogen and oxygen atoms in total. The molecule has 1 aromatic carbocycles. The lowest BCUT2D eigenvalue weighted by molar-refractivity contribution is 0.0881. The number of carbonyl (C=O) groups is 1. The molecule has 2 aromatic rings. The van der Waals surface area contributed by atoms with Crippen molar-refractivity contribution in [3.8, 4) is 5.75 Å². The lowest BCUT2D eigenvalue weighted by atomic mass is 10.0. The second kappa shape index (κ2) is 5.89. The number of aromatic nitrogens is 1. The maximum absolute atomic E-state index is 11.8. The number of benzene rings is 1. The van der Waals surface area contributed by atoms with E-state index in [0.717, 1.165) is 26.9 Å². The molecule has 0 amide bonds. The van der Waals surface area contributed by atoms with Crippen molar-refractivity contribution in [3.05, 3.63) is 16.7 Å². The largest absolute Gasteiger partial charge is 0.513 e. The van der Waals surface area contributed by atoms with Crippen molar-refractivity contribution in [2.75, 3.05) is 12.3 Å². The van der Waals surface area contributed by atoms with E-state index in [0.29, 0.717) is 17.5 Å². The number of rotatable bonds is 3. The quantitative estimate of drug-likeness (QED) is 0.686. The van der Waals surface area contributed by atoms with E-state index in [1.807, 2.05) is 34.6 Å². The summed E-state index contributed by atoms with van der Waals surface area (Å²) in [5.74, 6) is 0.808. The summed E-state index contributed by atoms with van der Waals surface area (Å²) in [5.41, 5.74) is 9.37. The molecule has 0 saturated carbocycles. The number of hydrogen-bond acceptors (Lipinski definition) is 6. The molecule has 0 spiro atoms. The number of thiazole rings is 1. The Morgan fingerprint density at radius 2 is 1.90 bits per heavy atom. The zero-order valence-electron chi connectivity index (χ0n) is 12.9. The lowest BCUT2D eigenvalue weighted by Gasteiger charge is -2.14. The molecule has 0 fully saturated rings. The van der Waals surface area contributed by atoms with Crippen LogP contribution < -0.4 is 10.5 Å². The molecule has 1 heterocycles. The highest BCUT2D eigenvalue weighted by molar-refractivity contribution is 7.22. The van der Waals surface area contributed by atoms with Crippen molar-refractivity contribution >= 4 is 32.8 Å². The Morgan fingerprint density at radius 1 is 1.24 bits per heavy atom. The standard InChI is InChI=1S/C15H20N2O3S/c1-7(2)6-19-15(18)20-12-9(4)8(3)11-13(10(12)5)21-14(16)17-11/h7H,6H2,1-5H3,(H2,16,17). The Hall–Kier alpha value is -1.82. The first-order chi connectivity index (χ1) is 9.81. The van der Waals surface area contributed by atoms with E-state index in [2.05, 4.69) is 4.98 Å². The average molecular weight is 308 g/mol. The highest BCUT2D eigenvalue weighted by atomic mass is 32.1. The predicted molar refractivity (Wildman–Crippen MR) is 85.1 cm³/mol. The van der Waals surface area contributed by atoms with E-state index < -0.39 is 6.16 Å². The topological polar surface area (TPSA) is 74.4 Å². The van der Waals surface area contributed by atoms with Crippen molar-refractivity contribution in [2.45, 2.75) is 34.6 Å². The van der Waals surface area contributed by atoms with E-state index in [9.17, 15) is 4.79 Å². The Balaban J connectivity index is 2.37. The summed E-state index contributed by atoms with van der Waals surface area (Å²) in [6.07, 6.45) is -0.675. The van der Waals surface area contributed by atoms with Crippen LogP contribution in [0.3, 0.4) is 0 Å². The number of ether oxygens (including phenoxy) is 2. The Kier molecular flexibility index (Phi) is 4.37. The van der Waals surface area contributed by atoms with Gasteiger partial charge in [0.15, 0.2) is 5.13 Å². The smallest absolute Gasteiger partial charge is 0.434 e. The van der Waals surface area contributed by atoms with Crippen LogP contribution in [0.15, 0.2) is 0 Å². The van der Waals surface area contributed by atoms with Crippen LogP contribution in [0, 0.1) is 26.7 Å². The molecule has 1 aromatic heterocycles. The van der Waals surface area contributed by atoms with Crippen LogP contribution >= 0.6 is 11.3 Å². The SMILES string of the molecule is Cc1c(OC(=O)OCC(C)C)c(C)c2sc(N)nc2c1C. The molecule has 0 radical (unpaired) electrons. The van der Waals surface area contributed by atoms with Gasteiger partial charge in [-0.15, -0.1) is 0 Å². The van der Waals surface area contributed by atoms with Crippen molar-refractivity contribution in [1.82, 2.24) is 4.98 Å². The third-order valence-electron chi connectivity index (χ3n) is 3.30. The highest BCUT2D eigenvalue weighted by Crippen LogP contribution is 2.38. The first-order valence-corrected chi connectivity index (χ1v) is 7.63. The molecule has 6 heteroatoms. The van der Waals surface area contributed by atoms with Crippen LogP contribution in [0.5, 0.6) is 5.75 Å². The summed E-state index contributed by atoms with van der Waals surface area (Å²) in [6.45, 7) is 10.0. The number of carbonyl (C=O) groups excluding carboxylic acids is 1. The fourth-order valence-electron chi connectivity index (χ4n) is 2.08. The molecule has 0 bridgehead atoms. The summed E-state index contributed by atoms with van der Waals surface area (Å²) >= 11 is 1.40.